The number of fused-ring (bicyclic) bond motifs is 2. The number of pyridine rings is 1. The average molecular weight is 297 g/mol. The predicted molar refractivity (Wildman–Crippen MR) is 84.0 cm³/mol. The van der Waals surface area contributed by atoms with Crippen molar-refractivity contribution in [3.05, 3.63) is 65.6 Å². The molecule has 0 saturated carbocycles. The summed E-state index contributed by atoms with van der Waals surface area (Å²) in [6.45, 7) is 0. The Balaban J connectivity index is 2.05. The molecule has 102 valence electrons. The minimum Gasteiger partial charge on any atom is -0.360 e. The first-order valence-electron chi connectivity index (χ1n) is 6.55. The van der Waals surface area contributed by atoms with Gasteiger partial charge in [-0.15, -0.1) is 0 Å². The largest absolute Gasteiger partial charge is 0.360 e. The lowest BCUT2D eigenvalue weighted by Crippen LogP contribution is -1.87. The molecule has 0 bridgehead atoms. The van der Waals surface area contributed by atoms with Crippen molar-refractivity contribution in [1.82, 2.24) is 9.97 Å². The van der Waals surface area contributed by atoms with E-state index in [-0.39, 0.29) is 5.82 Å². The van der Waals surface area contributed by atoms with Gasteiger partial charge in [0.2, 0.25) is 0 Å². The van der Waals surface area contributed by atoms with Gasteiger partial charge in [-0.1, -0.05) is 35.9 Å². The lowest BCUT2D eigenvalue weighted by atomic mass is 10.1. The van der Waals surface area contributed by atoms with E-state index in [1.165, 1.54) is 6.07 Å². The van der Waals surface area contributed by atoms with Gasteiger partial charge >= 0.3 is 0 Å². The first-order valence-corrected chi connectivity index (χ1v) is 6.93. The van der Waals surface area contributed by atoms with E-state index in [4.69, 9.17) is 11.6 Å². The summed E-state index contributed by atoms with van der Waals surface area (Å²) in [6, 6.07) is 14.4. The van der Waals surface area contributed by atoms with Crippen LogP contribution in [0.1, 0.15) is 0 Å². The number of benzene rings is 2. The smallest absolute Gasteiger partial charge is 0.133 e. The van der Waals surface area contributed by atoms with E-state index in [9.17, 15) is 4.39 Å². The lowest BCUT2D eigenvalue weighted by molar-refractivity contribution is 0.640. The Hall–Kier alpha value is -2.39. The molecule has 0 amide bonds. The van der Waals surface area contributed by atoms with Crippen LogP contribution in [0.2, 0.25) is 5.02 Å². The van der Waals surface area contributed by atoms with Crippen LogP contribution in [0.3, 0.4) is 0 Å². The van der Waals surface area contributed by atoms with Gasteiger partial charge in [-0.3, -0.25) is 0 Å². The van der Waals surface area contributed by atoms with Crippen LogP contribution in [-0.2, 0) is 0 Å². The molecule has 2 nitrogen and oxygen atoms in total. The molecule has 2 aromatic heterocycles. The third-order valence-corrected chi connectivity index (χ3v) is 3.91. The summed E-state index contributed by atoms with van der Waals surface area (Å²) >= 11 is 6.33. The predicted octanol–water partition coefficient (Wildman–Crippen LogP) is 5.18. The molecule has 0 saturated heterocycles. The number of hydrogen-bond acceptors (Lipinski definition) is 1. The maximum Gasteiger partial charge on any atom is 0.133 e. The number of rotatable bonds is 1. The van der Waals surface area contributed by atoms with Crippen molar-refractivity contribution >= 4 is 33.4 Å². The van der Waals surface area contributed by atoms with Crippen molar-refractivity contribution in [1.29, 1.82) is 0 Å². The fourth-order valence-corrected chi connectivity index (χ4v) is 2.88. The van der Waals surface area contributed by atoms with Gasteiger partial charge in [0.25, 0.3) is 0 Å². The van der Waals surface area contributed by atoms with Crippen LogP contribution in [0.4, 0.5) is 4.39 Å². The Kier molecular flexibility index (Phi) is 2.69. The Morgan fingerprint density at radius 2 is 1.90 bits per heavy atom. The number of hydrogen-bond donors (Lipinski definition) is 1. The SMILES string of the molecule is Fc1cccc2[nH]cc(-c3cc(Cl)c4ccccc4n3)c12. The fourth-order valence-electron chi connectivity index (χ4n) is 2.61. The average Bonchev–Trinajstić information content (AvgIpc) is 2.93. The second kappa shape index (κ2) is 4.57. The van der Waals surface area contributed by atoms with Crippen molar-refractivity contribution in [2.75, 3.05) is 0 Å². The molecule has 0 spiro atoms. The Bertz CT molecular complexity index is 975. The van der Waals surface area contributed by atoms with E-state index in [1.807, 2.05) is 30.3 Å². The van der Waals surface area contributed by atoms with Crippen molar-refractivity contribution in [3.8, 4) is 11.3 Å². The van der Waals surface area contributed by atoms with Crippen molar-refractivity contribution in [2.24, 2.45) is 0 Å². The maximum absolute atomic E-state index is 14.1. The van der Waals surface area contributed by atoms with Gasteiger partial charge in [-0.25, -0.2) is 9.37 Å². The molecule has 2 aromatic carbocycles. The number of aromatic amines is 1. The minimum absolute atomic E-state index is 0.269. The quantitative estimate of drug-likeness (QED) is 0.515. The van der Waals surface area contributed by atoms with Crippen molar-refractivity contribution in [2.45, 2.75) is 0 Å². The summed E-state index contributed by atoms with van der Waals surface area (Å²) < 4.78 is 14.1. The molecule has 21 heavy (non-hydrogen) atoms. The molecule has 0 unspecified atom stereocenters. The standard InChI is InChI=1S/C17H10ClFN2/c18-12-8-16(21-14-6-2-1-4-10(12)14)11-9-20-15-7-3-5-13(19)17(11)15/h1-9,20H. The van der Waals surface area contributed by atoms with E-state index in [2.05, 4.69) is 9.97 Å². The van der Waals surface area contributed by atoms with Gasteiger partial charge in [0.1, 0.15) is 5.82 Å². The van der Waals surface area contributed by atoms with Gasteiger partial charge in [-0.05, 0) is 24.3 Å². The molecule has 0 fully saturated rings. The molecule has 0 atom stereocenters. The van der Waals surface area contributed by atoms with E-state index in [1.54, 1.807) is 18.3 Å². The van der Waals surface area contributed by atoms with Crippen LogP contribution in [0.25, 0.3) is 33.1 Å². The topological polar surface area (TPSA) is 28.7 Å². The highest BCUT2D eigenvalue weighted by atomic mass is 35.5. The molecule has 2 heterocycles. The first kappa shape index (κ1) is 12.4. The summed E-state index contributed by atoms with van der Waals surface area (Å²) in [5.41, 5.74) is 2.92. The first-order chi connectivity index (χ1) is 10.2. The van der Waals surface area contributed by atoms with Crippen LogP contribution in [-0.4, -0.2) is 9.97 Å². The van der Waals surface area contributed by atoms with Gasteiger partial charge < -0.3 is 4.98 Å². The molecule has 0 aliphatic rings. The summed E-state index contributed by atoms with van der Waals surface area (Å²) in [6.07, 6.45) is 1.77. The van der Waals surface area contributed by atoms with Gasteiger partial charge in [0.15, 0.2) is 0 Å². The maximum atomic E-state index is 14.1. The number of nitrogens with zero attached hydrogens (tertiary/aromatic N) is 1. The zero-order valence-electron chi connectivity index (χ0n) is 10.9. The molecule has 4 aromatic rings. The Morgan fingerprint density at radius 3 is 2.81 bits per heavy atom. The van der Waals surface area contributed by atoms with Crippen LogP contribution < -0.4 is 0 Å². The normalized spacial score (nSPS) is 11.3. The number of H-pyrrole nitrogens is 1. The van der Waals surface area contributed by atoms with Crippen LogP contribution in [0.15, 0.2) is 54.7 Å². The highest BCUT2D eigenvalue weighted by Gasteiger charge is 2.13. The highest BCUT2D eigenvalue weighted by molar-refractivity contribution is 6.35. The summed E-state index contributed by atoms with van der Waals surface area (Å²) in [7, 11) is 0. The monoisotopic (exact) mass is 296 g/mol. The van der Waals surface area contributed by atoms with E-state index < -0.39 is 0 Å². The van der Waals surface area contributed by atoms with Crippen LogP contribution in [0.5, 0.6) is 0 Å². The molecule has 0 aliphatic heterocycles. The molecular formula is C17H10ClFN2. The summed E-state index contributed by atoms with van der Waals surface area (Å²) in [5, 5.41) is 2.04. The zero-order valence-corrected chi connectivity index (χ0v) is 11.7. The molecule has 0 aliphatic carbocycles. The number of aromatic nitrogens is 2. The Morgan fingerprint density at radius 1 is 1.05 bits per heavy atom. The molecule has 1 N–H and O–H groups in total. The fraction of sp³-hybridized carbons (Fsp3) is 0. The third kappa shape index (κ3) is 1.89. The van der Waals surface area contributed by atoms with Crippen LogP contribution >= 0.6 is 11.6 Å². The van der Waals surface area contributed by atoms with E-state index in [0.717, 1.165) is 22.0 Å². The third-order valence-electron chi connectivity index (χ3n) is 3.60. The molecular weight excluding hydrogens is 287 g/mol. The van der Waals surface area contributed by atoms with Gasteiger partial charge in [0.05, 0.1) is 16.2 Å². The molecule has 0 radical (unpaired) electrons. The number of halogens is 2. The minimum atomic E-state index is -0.269. The zero-order chi connectivity index (χ0) is 14.4. The van der Waals surface area contributed by atoms with Gasteiger partial charge in [-0.2, -0.15) is 0 Å². The van der Waals surface area contributed by atoms with Crippen molar-refractivity contribution < 1.29 is 4.39 Å². The Labute approximate surface area is 125 Å². The van der Waals surface area contributed by atoms with Crippen molar-refractivity contribution in [3.63, 3.8) is 0 Å². The van der Waals surface area contributed by atoms with Crippen LogP contribution in [0, 0.1) is 5.82 Å². The molecule has 4 rings (SSSR count). The number of nitrogens with one attached hydrogen (secondary N) is 1. The number of para-hydroxylation sites is 1. The van der Waals surface area contributed by atoms with E-state index >= 15 is 0 Å². The second-order valence-corrected chi connectivity index (χ2v) is 5.28. The highest BCUT2D eigenvalue weighted by Crippen LogP contribution is 2.33. The summed E-state index contributed by atoms with van der Waals surface area (Å²) in [4.78, 5) is 7.67. The van der Waals surface area contributed by atoms with Gasteiger partial charge in [0, 0.05) is 28.0 Å². The second-order valence-electron chi connectivity index (χ2n) is 4.87. The molecule has 4 heteroatoms. The summed E-state index contributed by atoms with van der Waals surface area (Å²) in [5.74, 6) is -0.269. The lowest BCUT2D eigenvalue weighted by Gasteiger charge is -2.05. The van der Waals surface area contributed by atoms with E-state index in [0.29, 0.717) is 16.1 Å².